The van der Waals surface area contributed by atoms with E-state index >= 15 is 0 Å². The fourth-order valence-electron chi connectivity index (χ4n) is 3.55. The van der Waals surface area contributed by atoms with Gasteiger partial charge in [0.1, 0.15) is 0 Å². The van der Waals surface area contributed by atoms with Crippen molar-refractivity contribution < 1.29 is 0 Å². The summed E-state index contributed by atoms with van der Waals surface area (Å²) in [6, 6.07) is 0.792. The number of rotatable bonds is 6. The molecule has 0 bridgehead atoms. The van der Waals surface area contributed by atoms with E-state index in [-0.39, 0.29) is 0 Å². The molecular formula is C15H28N6. The lowest BCUT2D eigenvalue weighted by molar-refractivity contribution is 0.161. The van der Waals surface area contributed by atoms with E-state index in [1.54, 1.807) is 0 Å². The molecule has 0 aromatic carbocycles. The van der Waals surface area contributed by atoms with Crippen LogP contribution in [-0.2, 0) is 13.1 Å². The first-order valence-corrected chi connectivity index (χ1v) is 8.35. The van der Waals surface area contributed by atoms with Crippen molar-refractivity contribution in [2.45, 2.75) is 44.8 Å². The van der Waals surface area contributed by atoms with Gasteiger partial charge in [-0.1, -0.05) is 11.6 Å². The summed E-state index contributed by atoms with van der Waals surface area (Å²) in [4.78, 5) is 5.29. The maximum Gasteiger partial charge on any atom is 0.0964 e. The maximum absolute atomic E-state index is 4.19. The van der Waals surface area contributed by atoms with Gasteiger partial charge in [0, 0.05) is 31.9 Å². The fraction of sp³-hybridized carbons (Fsp3) is 0.867. The normalized spacial score (nSPS) is 24.7. The zero-order valence-corrected chi connectivity index (χ0v) is 13.2. The van der Waals surface area contributed by atoms with Crippen molar-refractivity contribution >= 4 is 0 Å². The van der Waals surface area contributed by atoms with Crippen LogP contribution in [-0.4, -0.2) is 70.6 Å². The van der Waals surface area contributed by atoms with Gasteiger partial charge in [0.2, 0.25) is 0 Å². The highest BCUT2D eigenvalue weighted by Crippen LogP contribution is 2.19. The third kappa shape index (κ3) is 4.02. The number of nitrogens with one attached hydrogen (secondary N) is 1. The molecule has 1 aromatic heterocycles. The smallest absolute Gasteiger partial charge is 0.0964 e. The third-order valence-electron chi connectivity index (χ3n) is 4.74. The molecule has 0 saturated carbocycles. The molecule has 0 spiro atoms. The van der Waals surface area contributed by atoms with Gasteiger partial charge in [0.05, 0.1) is 12.2 Å². The minimum Gasteiger partial charge on any atom is -0.314 e. The molecule has 1 N–H and O–H groups in total. The van der Waals surface area contributed by atoms with Crippen LogP contribution in [0, 0.1) is 0 Å². The van der Waals surface area contributed by atoms with Crippen molar-refractivity contribution in [1.29, 1.82) is 0 Å². The van der Waals surface area contributed by atoms with E-state index in [4.69, 9.17) is 0 Å². The number of likely N-dealkylation sites (tertiary alicyclic amines) is 2. The Morgan fingerprint density at radius 1 is 1.19 bits per heavy atom. The van der Waals surface area contributed by atoms with Crippen molar-refractivity contribution in [3.63, 3.8) is 0 Å². The van der Waals surface area contributed by atoms with Gasteiger partial charge in [-0.3, -0.25) is 14.5 Å². The van der Waals surface area contributed by atoms with Gasteiger partial charge >= 0.3 is 0 Å². The topological polar surface area (TPSA) is 49.2 Å². The van der Waals surface area contributed by atoms with Crippen LogP contribution in [0.2, 0.25) is 0 Å². The SMILES string of the molecule is CNCc1cn(CCN2CCC(N3CCCCC3)C2)nn1. The van der Waals surface area contributed by atoms with E-state index in [1.807, 2.05) is 11.7 Å². The van der Waals surface area contributed by atoms with Gasteiger partial charge in [-0.2, -0.15) is 0 Å². The number of piperidine rings is 1. The summed E-state index contributed by atoms with van der Waals surface area (Å²) in [5, 5.41) is 11.5. The molecule has 0 amide bonds. The van der Waals surface area contributed by atoms with Crippen LogP contribution in [0.3, 0.4) is 0 Å². The lowest BCUT2D eigenvalue weighted by Gasteiger charge is -2.32. The number of aromatic nitrogens is 3. The molecule has 2 saturated heterocycles. The Labute approximate surface area is 127 Å². The second-order valence-electron chi connectivity index (χ2n) is 6.34. The monoisotopic (exact) mass is 292 g/mol. The molecule has 118 valence electrons. The van der Waals surface area contributed by atoms with E-state index in [1.165, 1.54) is 51.9 Å². The molecular weight excluding hydrogens is 264 g/mol. The van der Waals surface area contributed by atoms with Crippen molar-refractivity contribution in [2.75, 3.05) is 39.8 Å². The van der Waals surface area contributed by atoms with Crippen molar-refractivity contribution in [3.8, 4) is 0 Å². The minimum atomic E-state index is 0.792. The Morgan fingerprint density at radius 2 is 2.05 bits per heavy atom. The van der Waals surface area contributed by atoms with E-state index < -0.39 is 0 Å². The summed E-state index contributed by atoms with van der Waals surface area (Å²) in [7, 11) is 1.93. The van der Waals surface area contributed by atoms with Crippen LogP contribution in [0.15, 0.2) is 6.20 Å². The predicted molar refractivity (Wildman–Crippen MR) is 83.1 cm³/mol. The summed E-state index contributed by atoms with van der Waals surface area (Å²) >= 11 is 0. The quantitative estimate of drug-likeness (QED) is 0.830. The molecule has 21 heavy (non-hydrogen) atoms. The van der Waals surface area contributed by atoms with Gasteiger partial charge in [0.25, 0.3) is 0 Å². The van der Waals surface area contributed by atoms with Gasteiger partial charge < -0.3 is 5.32 Å². The van der Waals surface area contributed by atoms with Gasteiger partial charge in [-0.15, -0.1) is 5.10 Å². The Balaban J connectivity index is 1.41. The lowest BCUT2D eigenvalue weighted by atomic mass is 10.1. The summed E-state index contributed by atoms with van der Waals surface area (Å²) < 4.78 is 1.97. The Morgan fingerprint density at radius 3 is 2.86 bits per heavy atom. The minimum absolute atomic E-state index is 0.792. The van der Waals surface area contributed by atoms with Crippen molar-refractivity contribution in [3.05, 3.63) is 11.9 Å². The molecule has 3 heterocycles. The van der Waals surface area contributed by atoms with Crippen LogP contribution in [0.1, 0.15) is 31.4 Å². The maximum atomic E-state index is 4.19. The first kappa shape index (κ1) is 14.9. The van der Waals surface area contributed by atoms with Crippen molar-refractivity contribution in [1.82, 2.24) is 30.1 Å². The lowest BCUT2D eigenvalue weighted by Crippen LogP contribution is -2.41. The third-order valence-corrected chi connectivity index (χ3v) is 4.74. The average Bonchev–Trinajstić information content (AvgIpc) is 3.16. The predicted octanol–water partition coefficient (Wildman–Crippen LogP) is 0.558. The molecule has 0 radical (unpaired) electrons. The van der Waals surface area contributed by atoms with Gasteiger partial charge in [-0.05, 0) is 45.9 Å². The zero-order chi connectivity index (χ0) is 14.5. The largest absolute Gasteiger partial charge is 0.314 e. The second-order valence-corrected chi connectivity index (χ2v) is 6.34. The zero-order valence-electron chi connectivity index (χ0n) is 13.2. The van der Waals surface area contributed by atoms with Crippen molar-refractivity contribution in [2.24, 2.45) is 0 Å². The second kappa shape index (κ2) is 7.33. The summed E-state index contributed by atoms with van der Waals surface area (Å²) in [5.41, 5.74) is 1.02. The van der Waals surface area contributed by atoms with Crippen LogP contribution in [0.4, 0.5) is 0 Å². The molecule has 0 aliphatic carbocycles. The Kier molecular flexibility index (Phi) is 5.22. The van der Waals surface area contributed by atoms with E-state index in [9.17, 15) is 0 Å². The molecule has 1 unspecified atom stereocenters. The summed E-state index contributed by atoms with van der Waals surface area (Å²) in [6.07, 6.45) is 7.60. The van der Waals surface area contributed by atoms with E-state index in [0.29, 0.717) is 0 Å². The van der Waals surface area contributed by atoms with Crippen LogP contribution < -0.4 is 5.32 Å². The number of nitrogens with zero attached hydrogens (tertiary/aromatic N) is 5. The van der Waals surface area contributed by atoms with Crippen LogP contribution in [0.5, 0.6) is 0 Å². The van der Waals surface area contributed by atoms with E-state index in [2.05, 4.69) is 31.6 Å². The molecule has 6 nitrogen and oxygen atoms in total. The number of hydrogen-bond acceptors (Lipinski definition) is 5. The average molecular weight is 292 g/mol. The fourth-order valence-corrected chi connectivity index (χ4v) is 3.55. The van der Waals surface area contributed by atoms with Gasteiger partial charge in [-0.25, -0.2) is 0 Å². The Bertz CT molecular complexity index is 426. The number of hydrogen-bond donors (Lipinski definition) is 1. The Hall–Kier alpha value is -0.980. The first-order chi connectivity index (χ1) is 10.3. The highest BCUT2D eigenvalue weighted by molar-refractivity contribution is 4.91. The highest BCUT2D eigenvalue weighted by Gasteiger charge is 2.28. The van der Waals surface area contributed by atoms with E-state index in [0.717, 1.165) is 31.4 Å². The molecule has 3 rings (SSSR count). The molecule has 1 aromatic rings. The molecule has 2 aliphatic rings. The standard InChI is InChI=1S/C15H28N6/c1-16-11-14-12-21(18-17-14)10-9-19-8-5-15(13-19)20-6-3-2-4-7-20/h12,15-16H,2-11,13H2,1H3. The van der Waals surface area contributed by atoms with Gasteiger partial charge in [0.15, 0.2) is 0 Å². The highest BCUT2D eigenvalue weighted by atomic mass is 15.4. The molecule has 1 atom stereocenters. The molecule has 2 aliphatic heterocycles. The summed E-state index contributed by atoms with van der Waals surface area (Å²) in [6.45, 7) is 7.93. The molecule has 2 fully saturated rings. The van der Waals surface area contributed by atoms with Crippen LogP contribution >= 0.6 is 0 Å². The van der Waals surface area contributed by atoms with Crippen LogP contribution in [0.25, 0.3) is 0 Å². The molecule has 6 heteroatoms. The summed E-state index contributed by atoms with van der Waals surface area (Å²) in [5.74, 6) is 0. The first-order valence-electron chi connectivity index (χ1n) is 8.35.